The van der Waals surface area contributed by atoms with Gasteiger partial charge in [-0.05, 0) is 39.5 Å². The molecule has 2 aromatic rings. The summed E-state index contributed by atoms with van der Waals surface area (Å²) in [6.07, 6.45) is 5.67. The molecule has 0 spiro atoms. The third-order valence-corrected chi connectivity index (χ3v) is 8.19. The number of sulfone groups is 1. The zero-order valence-corrected chi connectivity index (χ0v) is 18.9. The normalized spacial score (nSPS) is 22.7. The van der Waals surface area contributed by atoms with E-state index in [1.807, 2.05) is 4.57 Å². The van der Waals surface area contributed by atoms with E-state index >= 15 is 0 Å². The number of ether oxygens (including phenoxy) is 2. The quantitative estimate of drug-likeness (QED) is 0.597. The third-order valence-electron chi connectivity index (χ3n) is 5.96. The molecule has 1 saturated carbocycles. The smallest absolute Gasteiger partial charge is 0.163 e. The Bertz CT molecular complexity index is 1000. The lowest BCUT2D eigenvalue weighted by molar-refractivity contribution is 0.0947. The Morgan fingerprint density at radius 3 is 2.60 bits per heavy atom. The van der Waals surface area contributed by atoms with Crippen molar-refractivity contribution in [2.45, 2.75) is 68.3 Å². The summed E-state index contributed by atoms with van der Waals surface area (Å²) in [5.74, 6) is 1.21. The van der Waals surface area contributed by atoms with Crippen molar-refractivity contribution in [3.63, 3.8) is 0 Å². The molecule has 0 radical (unpaired) electrons. The van der Waals surface area contributed by atoms with Crippen LogP contribution >= 0.6 is 11.6 Å². The van der Waals surface area contributed by atoms with Crippen molar-refractivity contribution in [2.75, 3.05) is 13.7 Å². The van der Waals surface area contributed by atoms with Gasteiger partial charge in [0.25, 0.3) is 0 Å². The number of hydrogen-bond donors (Lipinski definition) is 0. The second-order valence-corrected chi connectivity index (χ2v) is 11.0. The standard InChI is InChI=1S/C19H26ClN5O4S/c1-12(16(28-3)17-21-9-13(20)10-22-17)30(26,27)11-15-23-24-18(14-5-4-8-29-14)25(15)19(2)6-7-19/h9-10,12,14,16H,4-8,11H2,1-3H3/t12-,14+,16-/m0/s1. The molecule has 0 N–H and O–H groups in total. The van der Waals surface area contributed by atoms with Gasteiger partial charge in [-0.15, -0.1) is 10.2 Å². The van der Waals surface area contributed by atoms with Gasteiger partial charge < -0.3 is 14.0 Å². The SMILES string of the molecule is CO[C@H](c1ncc(Cl)cn1)[C@H](C)S(=O)(=O)Cc1nnc([C@H]2CCCO2)n1C1(C)CC1. The van der Waals surface area contributed by atoms with E-state index in [-0.39, 0.29) is 23.2 Å². The first-order valence-electron chi connectivity index (χ1n) is 10.0. The molecule has 0 bridgehead atoms. The average molecular weight is 456 g/mol. The lowest BCUT2D eigenvalue weighted by Gasteiger charge is -2.23. The van der Waals surface area contributed by atoms with Crippen LogP contribution in [0.1, 0.15) is 69.2 Å². The van der Waals surface area contributed by atoms with Crippen LogP contribution in [0.2, 0.25) is 5.02 Å². The van der Waals surface area contributed by atoms with Crippen molar-refractivity contribution in [3.05, 3.63) is 34.9 Å². The topological polar surface area (TPSA) is 109 Å². The van der Waals surface area contributed by atoms with Gasteiger partial charge in [0, 0.05) is 31.6 Å². The first kappa shape index (κ1) is 21.6. The molecule has 11 heteroatoms. The minimum absolute atomic E-state index is 0.127. The van der Waals surface area contributed by atoms with E-state index in [1.54, 1.807) is 6.92 Å². The molecule has 0 aromatic carbocycles. The second-order valence-electron chi connectivity index (χ2n) is 8.24. The van der Waals surface area contributed by atoms with Gasteiger partial charge in [-0.2, -0.15) is 0 Å². The molecule has 164 valence electrons. The number of nitrogens with zero attached hydrogens (tertiary/aromatic N) is 5. The van der Waals surface area contributed by atoms with Crippen molar-refractivity contribution in [1.82, 2.24) is 24.7 Å². The maximum Gasteiger partial charge on any atom is 0.163 e. The molecular formula is C19H26ClN5O4S. The Morgan fingerprint density at radius 2 is 2.03 bits per heavy atom. The van der Waals surface area contributed by atoms with Crippen molar-refractivity contribution in [2.24, 2.45) is 0 Å². The second kappa shape index (κ2) is 8.14. The zero-order valence-electron chi connectivity index (χ0n) is 17.3. The monoisotopic (exact) mass is 455 g/mol. The van der Waals surface area contributed by atoms with E-state index in [0.29, 0.717) is 17.5 Å². The van der Waals surface area contributed by atoms with Gasteiger partial charge in [0.15, 0.2) is 21.5 Å². The van der Waals surface area contributed by atoms with Crippen LogP contribution in [0.4, 0.5) is 0 Å². The predicted octanol–water partition coefficient (Wildman–Crippen LogP) is 2.77. The van der Waals surface area contributed by atoms with Gasteiger partial charge in [0.05, 0.1) is 10.3 Å². The lowest BCUT2D eigenvalue weighted by atomic mass is 10.2. The van der Waals surface area contributed by atoms with Crippen LogP contribution < -0.4 is 0 Å². The van der Waals surface area contributed by atoms with E-state index in [1.165, 1.54) is 19.5 Å². The first-order chi connectivity index (χ1) is 14.2. The number of methoxy groups -OCH3 is 1. The van der Waals surface area contributed by atoms with Gasteiger partial charge in [-0.25, -0.2) is 18.4 Å². The van der Waals surface area contributed by atoms with E-state index in [2.05, 4.69) is 27.1 Å². The molecule has 0 amide bonds. The van der Waals surface area contributed by atoms with Crippen LogP contribution in [-0.2, 0) is 30.6 Å². The summed E-state index contributed by atoms with van der Waals surface area (Å²) in [5.41, 5.74) is -0.154. The van der Waals surface area contributed by atoms with Gasteiger partial charge in [0.2, 0.25) is 0 Å². The van der Waals surface area contributed by atoms with Crippen LogP contribution in [-0.4, -0.2) is 52.1 Å². The Labute approximate surface area is 181 Å². The molecule has 9 nitrogen and oxygen atoms in total. The van der Waals surface area contributed by atoms with Crippen LogP contribution in [0, 0.1) is 0 Å². The van der Waals surface area contributed by atoms with Crippen LogP contribution in [0.5, 0.6) is 0 Å². The molecule has 3 heterocycles. The van der Waals surface area contributed by atoms with Crippen molar-refractivity contribution in [3.8, 4) is 0 Å². The van der Waals surface area contributed by atoms with Gasteiger partial charge in [0.1, 0.15) is 23.8 Å². The van der Waals surface area contributed by atoms with E-state index in [0.717, 1.165) is 31.5 Å². The van der Waals surface area contributed by atoms with E-state index in [9.17, 15) is 8.42 Å². The number of rotatable bonds is 8. The summed E-state index contributed by atoms with van der Waals surface area (Å²) < 4.78 is 39.8. The number of hydrogen-bond acceptors (Lipinski definition) is 8. The van der Waals surface area contributed by atoms with Crippen molar-refractivity contribution < 1.29 is 17.9 Å². The highest BCUT2D eigenvalue weighted by Gasteiger charge is 2.45. The molecule has 2 aliphatic rings. The summed E-state index contributed by atoms with van der Waals surface area (Å²) in [5, 5.41) is 8.09. The summed E-state index contributed by atoms with van der Waals surface area (Å²) in [4.78, 5) is 8.26. The first-order valence-corrected chi connectivity index (χ1v) is 12.1. The zero-order chi connectivity index (χ0) is 21.5. The highest BCUT2D eigenvalue weighted by atomic mass is 35.5. The molecular weight excluding hydrogens is 430 g/mol. The van der Waals surface area contributed by atoms with Crippen LogP contribution in [0.15, 0.2) is 12.4 Å². The Balaban J connectivity index is 1.62. The van der Waals surface area contributed by atoms with Crippen molar-refractivity contribution in [1.29, 1.82) is 0 Å². The molecule has 1 aliphatic heterocycles. The molecule has 2 aromatic heterocycles. The van der Waals surface area contributed by atoms with E-state index in [4.69, 9.17) is 21.1 Å². The van der Waals surface area contributed by atoms with Crippen LogP contribution in [0.3, 0.4) is 0 Å². The average Bonchev–Trinajstić information content (AvgIpc) is 3.12. The summed E-state index contributed by atoms with van der Waals surface area (Å²) in [6.45, 7) is 4.39. The highest BCUT2D eigenvalue weighted by molar-refractivity contribution is 7.91. The fourth-order valence-electron chi connectivity index (χ4n) is 3.88. The maximum absolute atomic E-state index is 13.3. The fourth-order valence-corrected chi connectivity index (χ4v) is 5.40. The molecule has 1 aliphatic carbocycles. The predicted molar refractivity (Wildman–Crippen MR) is 110 cm³/mol. The summed E-state index contributed by atoms with van der Waals surface area (Å²) in [6, 6.07) is 0. The van der Waals surface area contributed by atoms with E-state index < -0.39 is 21.2 Å². The molecule has 1 saturated heterocycles. The molecule has 4 rings (SSSR count). The number of aromatic nitrogens is 5. The maximum atomic E-state index is 13.3. The lowest BCUT2D eigenvalue weighted by Crippen LogP contribution is -2.31. The fraction of sp³-hybridized carbons (Fsp3) is 0.684. The summed E-state index contributed by atoms with van der Waals surface area (Å²) in [7, 11) is -2.21. The van der Waals surface area contributed by atoms with Crippen molar-refractivity contribution >= 4 is 21.4 Å². The third kappa shape index (κ3) is 4.10. The largest absolute Gasteiger partial charge is 0.372 e. The van der Waals surface area contributed by atoms with Gasteiger partial charge in [-0.3, -0.25) is 0 Å². The number of halogens is 1. The van der Waals surface area contributed by atoms with Crippen LogP contribution in [0.25, 0.3) is 0 Å². The molecule has 3 atom stereocenters. The molecule has 2 fully saturated rings. The van der Waals surface area contributed by atoms with Gasteiger partial charge >= 0.3 is 0 Å². The Morgan fingerprint density at radius 1 is 1.33 bits per heavy atom. The molecule has 30 heavy (non-hydrogen) atoms. The Hall–Kier alpha value is -1.62. The van der Waals surface area contributed by atoms with Gasteiger partial charge in [-0.1, -0.05) is 11.6 Å². The minimum Gasteiger partial charge on any atom is -0.372 e. The Kier molecular flexibility index (Phi) is 5.86. The highest BCUT2D eigenvalue weighted by Crippen LogP contribution is 2.46. The molecule has 0 unspecified atom stereocenters. The minimum atomic E-state index is -3.65. The summed E-state index contributed by atoms with van der Waals surface area (Å²) >= 11 is 5.85.